The number of amides is 1. The molecule has 0 aliphatic heterocycles. The van der Waals surface area contributed by atoms with Crippen molar-refractivity contribution in [2.45, 2.75) is 46.0 Å². The molecule has 0 spiro atoms. The molecule has 170 valence electrons. The number of nitrogens with one attached hydrogen (secondary N) is 1. The molecule has 2 aromatic rings. The fourth-order valence-corrected chi connectivity index (χ4v) is 3.66. The molecule has 0 radical (unpaired) electrons. The van der Waals surface area contributed by atoms with Crippen molar-refractivity contribution < 1.29 is 23.9 Å². The Morgan fingerprint density at radius 3 is 2.44 bits per heavy atom. The number of fused-ring (bicyclic) bond motifs is 1. The zero-order chi connectivity index (χ0) is 22.9. The molecule has 1 fully saturated rings. The van der Waals surface area contributed by atoms with Gasteiger partial charge in [0.1, 0.15) is 6.33 Å². The van der Waals surface area contributed by atoms with Gasteiger partial charge in [0.05, 0.1) is 18.7 Å². The van der Waals surface area contributed by atoms with Crippen LogP contribution in [-0.2, 0) is 23.9 Å². The van der Waals surface area contributed by atoms with E-state index in [1.165, 1.54) is 19.0 Å². The summed E-state index contributed by atoms with van der Waals surface area (Å²) in [4.78, 5) is 49.6. The lowest BCUT2D eigenvalue weighted by molar-refractivity contribution is -0.157. The standard InChI is InChI=1S/C23H28N4O5/c1-3-31-22(29)18(23(30)32-4-2)13-24-20-17-12-16(10-11-19(17)25-14-26-20)27-21(28)15-8-6-5-7-9-15/h10-15,18H,3-9H2,1-2H3,(H,27,28). The largest absolute Gasteiger partial charge is 0.465 e. The van der Waals surface area contributed by atoms with E-state index in [-0.39, 0.29) is 30.9 Å². The number of aromatic nitrogens is 2. The van der Waals surface area contributed by atoms with Gasteiger partial charge in [-0.3, -0.25) is 14.4 Å². The number of carbonyl (C=O) groups is 3. The lowest BCUT2D eigenvalue weighted by Crippen LogP contribution is -2.29. The summed E-state index contributed by atoms with van der Waals surface area (Å²) in [5.74, 6) is -2.48. The molecule has 1 amide bonds. The Labute approximate surface area is 186 Å². The van der Waals surface area contributed by atoms with Gasteiger partial charge in [-0.05, 0) is 44.9 Å². The first-order valence-corrected chi connectivity index (χ1v) is 11.0. The Kier molecular flexibility index (Phi) is 8.24. The normalized spacial score (nSPS) is 14.6. The van der Waals surface area contributed by atoms with Gasteiger partial charge in [-0.15, -0.1) is 0 Å². The van der Waals surface area contributed by atoms with E-state index in [9.17, 15) is 14.4 Å². The highest BCUT2D eigenvalue weighted by Gasteiger charge is 2.28. The second-order valence-electron chi connectivity index (χ2n) is 7.51. The average Bonchev–Trinajstić information content (AvgIpc) is 2.80. The third kappa shape index (κ3) is 5.87. The van der Waals surface area contributed by atoms with Gasteiger partial charge in [-0.1, -0.05) is 19.3 Å². The van der Waals surface area contributed by atoms with Crippen molar-refractivity contribution in [3.05, 3.63) is 24.5 Å². The predicted octanol–water partition coefficient (Wildman–Crippen LogP) is 3.59. The van der Waals surface area contributed by atoms with E-state index in [0.717, 1.165) is 25.7 Å². The fourth-order valence-electron chi connectivity index (χ4n) is 3.66. The lowest BCUT2D eigenvalue weighted by atomic mass is 9.88. The summed E-state index contributed by atoms with van der Waals surface area (Å²) < 4.78 is 9.91. The maximum absolute atomic E-state index is 12.6. The van der Waals surface area contributed by atoms with Gasteiger partial charge in [-0.25, -0.2) is 15.0 Å². The Morgan fingerprint density at radius 2 is 1.78 bits per heavy atom. The summed E-state index contributed by atoms with van der Waals surface area (Å²) in [6.07, 6.45) is 7.65. The number of esters is 2. The van der Waals surface area contributed by atoms with Gasteiger partial charge in [-0.2, -0.15) is 0 Å². The third-order valence-corrected chi connectivity index (χ3v) is 5.28. The van der Waals surface area contributed by atoms with Crippen LogP contribution >= 0.6 is 0 Å². The molecule has 1 aliphatic carbocycles. The molecule has 0 atom stereocenters. The topological polar surface area (TPSA) is 120 Å². The van der Waals surface area contributed by atoms with Gasteiger partial charge in [0.25, 0.3) is 0 Å². The summed E-state index contributed by atoms with van der Waals surface area (Å²) >= 11 is 0. The minimum atomic E-state index is -1.30. The van der Waals surface area contributed by atoms with E-state index >= 15 is 0 Å². The molecular formula is C23H28N4O5. The first kappa shape index (κ1) is 23.3. The first-order valence-electron chi connectivity index (χ1n) is 11.0. The molecule has 0 bridgehead atoms. The van der Waals surface area contributed by atoms with Gasteiger partial charge >= 0.3 is 11.9 Å². The summed E-state index contributed by atoms with van der Waals surface area (Å²) in [6, 6.07) is 5.29. The Morgan fingerprint density at radius 1 is 1.09 bits per heavy atom. The molecule has 9 heteroatoms. The van der Waals surface area contributed by atoms with E-state index in [0.29, 0.717) is 16.6 Å². The van der Waals surface area contributed by atoms with Crippen LogP contribution in [0.1, 0.15) is 46.0 Å². The molecule has 1 aliphatic rings. The first-order chi connectivity index (χ1) is 15.5. The highest BCUT2D eigenvalue weighted by Crippen LogP contribution is 2.28. The van der Waals surface area contributed by atoms with E-state index in [4.69, 9.17) is 9.47 Å². The average molecular weight is 441 g/mol. The minimum Gasteiger partial charge on any atom is -0.465 e. The van der Waals surface area contributed by atoms with E-state index < -0.39 is 17.9 Å². The van der Waals surface area contributed by atoms with Crippen LogP contribution in [-0.4, -0.2) is 47.2 Å². The number of hydrogen-bond acceptors (Lipinski definition) is 8. The maximum atomic E-state index is 12.6. The molecule has 0 saturated heterocycles. The second kappa shape index (κ2) is 11.3. The van der Waals surface area contributed by atoms with Crippen LogP contribution in [0.25, 0.3) is 10.9 Å². The maximum Gasteiger partial charge on any atom is 0.325 e. The molecule has 1 aromatic carbocycles. The molecule has 1 N–H and O–H groups in total. The van der Waals surface area contributed by atoms with Crippen LogP contribution in [0.3, 0.4) is 0 Å². The van der Waals surface area contributed by atoms with Crippen molar-refractivity contribution in [3.8, 4) is 0 Å². The number of rotatable bonds is 8. The van der Waals surface area contributed by atoms with Crippen LogP contribution in [0.15, 0.2) is 29.5 Å². The Balaban J connectivity index is 1.85. The van der Waals surface area contributed by atoms with Crippen LogP contribution in [0, 0.1) is 11.8 Å². The van der Waals surface area contributed by atoms with Crippen molar-refractivity contribution in [2.75, 3.05) is 18.5 Å². The zero-order valence-electron chi connectivity index (χ0n) is 18.4. The predicted molar refractivity (Wildman–Crippen MR) is 120 cm³/mol. The molecule has 3 rings (SSSR count). The number of carbonyl (C=O) groups excluding carboxylic acids is 3. The Bertz CT molecular complexity index is 983. The summed E-state index contributed by atoms with van der Waals surface area (Å²) in [5.41, 5.74) is 1.23. The van der Waals surface area contributed by atoms with E-state index in [1.54, 1.807) is 32.0 Å². The monoisotopic (exact) mass is 440 g/mol. The molecule has 0 unspecified atom stereocenters. The quantitative estimate of drug-likeness (QED) is 0.378. The highest BCUT2D eigenvalue weighted by molar-refractivity contribution is 6.10. The molecule has 1 heterocycles. The number of hydrogen-bond donors (Lipinski definition) is 1. The van der Waals surface area contributed by atoms with Gasteiger partial charge in [0, 0.05) is 23.2 Å². The summed E-state index contributed by atoms with van der Waals surface area (Å²) in [6.45, 7) is 3.56. The van der Waals surface area contributed by atoms with Crippen molar-refractivity contribution in [1.29, 1.82) is 0 Å². The van der Waals surface area contributed by atoms with Gasteiger partial charge in [0.2, 0.25) is 5.91 Å². The number of anilines is 1. The SMILES string of the molecule is CCOC(=O)C(C=Nc1ncnc2ccc(NC(=O)C3CCCCC3)cc12)C(=O)OCC. The summed E-state index contributed by atoms with van der Waals surface area (Å²) in [5, 5.41) is 3.55. The van der Waals surface area contributed by atoms with Crippen molar-refractivity contribution >= 4 is 46.5 Å². The van der Waals surface area contributed by atoms with Crippen molar-refractivity contribution in [1.82, 2.24) is 9.97 Å². The van der Waals surface area contributed by atoms with Crippen molar-refractivity contribution in [3.63, 3.8) is 0 Å². The van der Waals surface area contributed by atoms with Crippen LogP contribution in [0.5, 0.6) is 0 Å². The Hall–Kier alpha value is -3.36. The molecule has 1 aromatic heterocycles. The molecular weight excluding hydrogens is 412 g/mol. The molecule has 32 heavy (non-hydrogen) atoms. The van der Waals surface area contributed by atoms with Gasteiger partial charge < -0.3 is 14.8 Å². The smallest absolute Gasteiger partial charge is 0.325 e. The van der Waals surface area contributed by atoms with Crippen molar-refractivity contribution in [2.24, 2.45) is 16.8 Å². The number of nitrogens with zero attached hydrogens (tertiary/aromatic N) is 3. The number of benzene rings is 1. The molecule has 9 nitrogen and oxygen atoms in total. The lowest BCUT2D eigenvalue weighted by Gasteiger charge is -2.20. The fraction of sp³-hybridized carbons (Fsp3) is 0.478. The van der Waals surface area contributed by atoms with E-state index in [2.05, 4.69) is 20.3 Å². The number of ether oxygens (including phenoxy) is 2. The minimum absolute atomic E-state index is 0.00985. The zero-order valence-corrected chi connectivity index (χ0v) is 18.4. The highest BCUT2D eigenvalue weighted by atomic mass is 16.6. The van der Waals surface area contributed by atoms with Crippen LogP contribution in [0.4, 0.5) is 11.5 Å². The second-order valence-corrected chi connectivity index (χ2v) is 7.51. The number of aliphatic imine (C=N–C) groups is 1. The summed E-state index contributed by atoms with van der Waals surface area (Å²) in [7, 11) is 0. The van der Waals surface area contributed by atoms with Gasteiger partial charge in [0.15, 0.2) is 11.7 Å². The van der Waals surface area contributed by atoms with E-state index in [1.807, 2.05) is 0 Å². The third-order valence-electron chi connectivity index (χ3n) is 5.28. The van der Waals surface area contributed by atoms with Crippen LogP contribution < -0.4 is 5.32 Å². The molecule has 1 saturated carbocycles. The van der Waals surface area contributed by atoms with Crippen LogP contribution in [0.2, 0.25) is 0 Å².